The van der Waals surface area contributed by atoms with Crippen LogP contribution in [0.5, 0.6) is 0 Å². The molecule has 0 spiro atoms. The number of ether oxygens (including phenoxy) is 1. The Labute approximate surface area is 97.6 Å². The molecule has 0 heterocycles. The molecule has 0 aliphatic rings. The van der Waals surface area contributed by atoms with Crippen LogP contribution in [0.2, 0.25) is 0 Å². The Morgan fingerprint density at radius 2 is 2.14 bits per heavy atom. The van der Waals surface area contributed by atoms with Crippen molar-refractivity contribution in [3.63, 3.8) is 0 Å². The van der Waals surface area contributed by atoms with Crippen LogP contribution in [0.25, 0.3) is 0 Å². The van der Waals surface area contributed by atoms with E-state index < -0.39 is 15.9 Å². The van der Waals surface area contributed by atoms with Crippen LogP contribution in [0.4, 0.5) is 0 Å². The third kappa shape index (κ3) is 10.1. The van der Waals surface area contributed by atoms with E-state index in [4.69, 9.17) is 39.9 Å². The minimum absolute atomic E-state index is 0.296. The topological polar surface area (TPSA) is 46.5 Å². The van der Waals surface area contributed by atoms with Gasteiger partial charge in [-0.1, -0.05) is 40.9 Å². The van der Waals surface area contributed by atoms with E-state index in [9.17, 15) is 4.79 Å². The largest absolute Gasteiger partial charge is 0.458 e. The van der Waals surface area contributed by atoms with Gasteiger partial charge in [0.2, 0.25) is 3.79 Å². The quantitative estimate of drug-likeness (QED) is 0.479. The molecule has 3 nitrogen and oxygen atoms in total. The number of hydrogen-bond acceptors (Lipinski definition) is 3. The van der Waals surface area contributed by atoms with E-state index in [-0.39, 0.29) is 6.61 Å². The first kappa shape index (κ1) is 14.0. The van der Waals surface area contributed by atoms with Gasteiger partial charge in [0.15, 0.2) is 0 Å². The molecule has 0 aromatic rings. The molecular formula is C8H11Cl3O3. The van der Waals surface area contributed by atoms with Crippen LogP contribution in [0.15, 0.2) is 12.2 Å². The zero-order chi connectivity index (χ0) is 11.2. The lowest BCUT2D eigenvalue weighted by molar-refractivity contribution is -0.137. The van der Waals surface area contributed by atoms with Gasteiger partial charge >= 0.3 is 5.97 Å². The molecule has 0 bridgehead atoms. The van der Waals surface area contributed by atoms with Crippen molar-refractivity contribution in [2.45, 2.75) is 23.2 Å². The Kier molecular flexibility index (Phi) is 6.53. The van der Waals surface area contributed by atoms with E-state index in [1.54, 1.807) is 6.92 Å². The number of carbonyl (C=O) groups is 1. The highest BCUT2D eigenvalue weighted by atomic mass is 35.6. The number of carbonyl (C=O) groups excluding carboxylic acids is 1. The molecule has 0 aliphatic carbocycles. The van der Waals surface area contributed by atoms with E-state index in [1.165, 1.54) is 12.2 Å². The molecule has 0 aromatic carbocycles. The highest BCUT2D eigenvalue weighted by molar-refractivity contribution is 6.67. The predicted molar refractivity (Wildman–Crippen MR) is 56.7 cm³/mol. The van der Waals surface area contributed by atoms with Gasteiger partial charge in [0, 0.05) is 6.08 Å². The lowest BCUT2D eigenvalue weighted by Gasteiger charge is -2.09. The Morgan fingerprint density at radius 3 is 2.57 bits per heavy atom. The van der Waals surface area contributed by atoms with Crippen LogP contribution < -0.4 is 0 Å². The predicted octanol–water partition coefficient (Wildman–Crippen LogP) is 2.23. The first-order valence-electron chi connectivity index (χ1n) is 3.89. The van der Waals surface area contributed by atoms with E-state index in [0.29, 0.717) is 6.42 Å². The second kappa shape index (κ2) is 6.51. The maximum atomic E-state index is 10.9. The van der Waals surface area contributed by atoms with Gasteiger partial charge in [-0.2, -0.15) is 0 Å². The molecule has 1 atom stereocenters. The molecule has 0 saturated carbocycles. The molecule has 0 rings (SSSR count). The number of aliphatic hydroxyl groups excluding tert-OH is 1. The minimum Gasteiger partial charge on any atom is -0.458 e. The fraction of sp³-hybridized carbons (Fsp3) is 0.625. The summed E-state index contributed by atoms with van der Waals surface area (Å²) >= 11 is 16.1. The van der Waals surface area contributed by atoms with Crippen LogP contribution in [-0.4, -0.2) is 27.6 Å². The summed E-state index contributed by atoms with van der Waals surface area (Å²) in [5.41, 5.74) is 0. The van der Waals surface area contributed by atoms with E-state index >= 15 is 0 Å². The summed E-state index contributed by atoms with van der Waals surface area (Å²) in [6, 6.07) is 0. The summed E-state index contributed by atoms with van der Waals surface area (Å²) in [6.45, 7) is 1.31. The van der Waals surface area contributed by atoms with Crippen molar-refractivity contribution in [3.8, 4) is 0 Å². The first-order chi connectivity index (χ1) is 6.31. The molecule has 6 heteroatoms. The summed E-state index contributed by atoms with van der Waals surface area (Å²) in [6.07, 6.45) is 2.56. The third-order valence-corrected chi connectivity index (χ3v) is 1.44. The summed E-state index contributed by atoms with van der Waals surface area (Å²) in [7, 11) is 0. The van der Waals surface area contributed by atoms with Crippen molar-refractivity contribution in [2.24, 2.45) is 0 Å². The Balaban J connectivity index is 3.71. The lowest BCUT2D eigenvalue weighted by atomic mass is 10.3. The monoisotopic (exact) mass is 260 g/mol. The lowest BCUT2D eigenvalue weighted by Crippen LogP contribution is -2.15. The van der Waals surface area contributed by atoms with Gasteiger partial charge < -0.3 is 9.84 Å². The molecule has 0 amide bonds. The van der Waals surface area contributed by atoms with Crippen LogP contribution in [0, 0.1) is 0 Å². The maximum absolute atomic E-state index is 10.9. The number of hydrogen-bond donors (Lipinski definition) is 1. The Morgan fingerprint density at radius 1 is 1.57 bits per heavy atom. The average molecular weight is 262 g/mol. The number of halogens is 3. The molecule has 0 radical (unpaired) electrons. The number of aliphatic hydroxyl groups is 1. The minimum atomic E-state index is -1.59. The summed E-state index contributed by atoms with van der Waals surface area (Å²) in [4.78, 5) is 10.9. The summed E-state index contributed by atoms with van der Waals surface area (Å²) < 4.78 is 3.00. The van der Waals surface area contributed by atoms with Gasteiger partial charge in [-0.15, -0.1) is 0 Å². The molecule has 0 saturated heterocycles. The number of esters is 1. The fourth-order valence-electron chi connectivity index (χ4n) is 0.562. The molecule has 1 unspecified atom stereocenters. The standard InChI is InChI=1S/C8H11Cl3O3/c1-6(12)3-2-4-7(13)14-5-8(9,10)11/h2,4,6,12H,3,5H2,1H3/b4-2+. The average Bonchev–Trinajstić information content (AvgIpc) is 1.99. The van der Waals surface area contributed by atoms with Crippen LogP contribution >= 0.6 is 34.8 Å². The summed E-state index contributed by atoms with van der Waals surface area (Å²) in [5, 5.41) is 8.86. The van der Waals surface area contributed by atoms with Crippen molar-refractivity contribution in [3.05, 3.63) is 12.2 Å². The molecule has 1 N–H and O–H groups in total. The van der Waals surface area contributed by atoms with Crippen LogP contribution in [0.1, 0.15) is 13.3 Å². The Hall–Kier alpha value is 0.0400. The highest BCUT2D eigenvalue weighted by Gasteiger charge is 2.21. The van der Waals surface area contributed by atoms with E-state index in [1.807, 2.05) is 0 Å². The zero-order valence-corrected chi connectivity index (χ0v) is 9.81. The van der Waals surface area contributed by atoms with Gasteiger partial charge in [-0.25, -0.2) is 4.79 Å². The highest BCUT2D eigenvalue weighted by Crippen LogP contribution is 2.25. The zero-order valence-electron chi connectivity index (χ0n) is 7.54. The number of rotatable bonds is 4. The third-order valence-electron chi connectivity index (χ3n) is 1.11. The van der Waals surface area contributed by atoms with Gasteiger partial charge in [0.1, 0.15) is 6.61 Å². The Bertz CT molecular complexity index is 208. The van der Waals surface area contributed by atoms with Crippen molar-refractivity contribution >= 4 is 40.8 Å². The van der Waals surface area contributed by atoms with E-state index in [0.717, 1.165) is 0 Å². The maximum Gasteiger partial charge on any atom is 0.330 e. The van der Waals surface area contributed by atoms with Crippen molar-refractivity contribution in [1.29, 1.82) is 0 Å². The van der Waals surface area contributed by atoms with Gasteiger partial charge in [-0.3, -0.25) is 0 Å². The summed E-state index contributed by atoms with van der Waals surface area (Å²) in [5.74, 6) is -0.600. The van der Waals surface area contributed by atoms with Crippen LogP contribution in [-0.2, 0) is 9.53 Å². The number of alkyl halides is 3. The molecule has 14 heavy (non-hydrogen) atoms. The van der Waals surface area contributed by atoms with Gasteiger partial charge in [0.05, 0.1) is 6.10 Å². The smallest absolute Gasteiger partial charge is 0.330 e. The van der Waals surface area contributed by atoms with Gasteiger partial charge in [0.25, 0.3) is 0 Å². The fourth-order valence-corrected chi connectivity index (χ4v) is 0.726. The first-order valence-corrected chi connectivity index (χ1v) is 5.03. The molecule has 82 valence electrons. The second-order valence-electron chi connectivity index (χ2n) is 2.71. The van der Waals surface area contributed by atoms with Crippen LogP contribution in [0.3, 0.4) is 0 Å². The van der Waals surface area contributed by atoms with Crippen molar-refractivity contribution < 1.29 is 14.6 Å². The van der Waals surface area contributed by atoms with E-state index in [2.05, 4.69) is 4.74 Å². The second-order valence-corrected chi connectivity index (χ2v) is 5.23. The molecule has 0 aliphatic heterocycles. The van der Waals surface area contributed by atoms with Gasteiger partial charge in [-0.05, 0) is 13.3 Å². The molecular weight excluding hydrogens is 250 g/mol. The molecule has 0 aromatic heterocycles. The van der Waals surface area contributed by atoms with Crippen molar-refractivity contribution in [1.82, 2.24) is 0 Å². The SMILES string of the molecule is CC(O)C/C=C/C(=O)OCC(Cl)(Cl)Cl. The normalized spacial score (nSPS) is 14.4. The molecule has 0 fully saturated rings. The van der Waals surface area contributed by atoms with Crippen molar-refractivity contribution in [2.75, 3.05) is 6.61 Å².